The highest BCUT2D eigenvalue weighted by atomic mass is 127. The zero-order valence-electron chi connectivity index (χ0n) is 8.58. The highest BCUT2D eigenvalue weighted by molar-refractivity contribution is 14.1. The lowest BCUT2D eigenvalue weighted by Gasteiger charge is -2.04. The van der Waals surface area contributed by atoms with Gasteiger partial charge in [-0.15, -0.1) is 0 Å². The van der Waals surface area contributed by atoms with Crippen LogP contribution in [0.3, 0.4) is 0 Å². The molecule has 0 atom stereocenters. The minimum Gasteiger partial charge on any atom is -0.288 e. The second-order valence-corrected chi connectivity index (χ2v) is 5.62. The van der Waals surface area contributed by atoms with Crippen LogP contribution in [0.1, 0.15) is 15.9 Å². The minimum atomic E-state index is -0.503. The molecule has 2 aromatic rings. The molecule has 0 spiro atoms. The van der Waals surface area contributed by atoms with Crippen molar-refractivity contribution in [1.82, 2.24) is 0 Å². The van der Waals surface area contributed by atoms with Gasteiger partial charge in [0.2, 0.25) is 0 Å². The lowest BCUT2D eigenvalue weighted by Crippen LogP contribution is -2.04. The van der Waals surface area contributed by atoms with Crippen LogP contribution in [0.2, 0.25) is 0 Å². The van der Waals surface area contributed by atoms with E-state index >= 15 is 0 Å². The van der Waals surface area contributed by atoms with Gasteiger partial charge < -0.3 is 0 Å². The topological polar surface area (TPSA) is 17.1 Å². The molecular formula is C13H7BrFIO. The van der Waals surface area contributed by atoms with Gasteiger partial charge in [0.25, 0.3) is 0 Å². The van der Waals surface area contributed by atoms with E-state index in [1.54, 1.807) is 24.3 Å². The van der Waals surface area contributed by atoms with Crippen molar-refractivity contribution in [3.05, 3.63) is 67.5 Å². The average molecular weight is 405 g/mol. The summed E-state index contributed by atoms with van der Waals surface area (Å²) in [6, 6.07) is 11.4. The lowest BCUT2D eigenvalue weighted by atomic mass is 10.0. The van der Waals surface area contributed by atoms with Gasteiger partial charge in [0.15, 0.2) is 5.78 Å². The van der Waals surface area contributed by atoms with E-state index in [-0.39, 0.29) is 11.3 Å². The quantitative estimate of drug-likeness (QED) is 0.534. The maximum absolute atomic E-state index is 13.6. The largest absolute Gasteiger partial charge is 0.288 e. The second-order valence-electron chi connectivity index (χ2n) is 3.46. The van der Waals surface area contributed by atoms with Gasteiger partial charge in [-0.05, 0) is 52.9 Å². The van der Waals surface area contributed by atoms with Gasteiger partial charge >= 0.3 is 0 Å². The predicted octanol–water partition coefficient (Wildman–Crippen LogP) is 4.42. The average Bonchev–Trinajstić information content (AvgIpc) is 2.31. The molecule has 1 nitrogen and oxygen atoms in total. The first-order valence-electron chi connectivity index (χ1n) is 4.83. The number of ketones is 1. The summed E-state index contributed by atoms with van der Waals surface area (Å²) in [5.41, 5.74) is 0.579. The normalized spacial score (nSPS) is 10.3. The van der Waals surface area contributed by atoms with E-state index in [0.29, 0.717) is 10.0 Å². The van der Waals surface area contributed by atoms with Crippen LogP contribution in [0.15, 0.2) is 46.9 Å². The first-order valence-corrected chi connectivity index (χ1v) is 6.70. The molecule has 0 saturated heterocycles. The Hall–Kier alpha value is -0.750. The Morgan fingerprint density at radius 3 is 2.65 bits per heavy atom. The minimum absolute atomic E-state index is 0.0846. The first kappa shape index (κ1) is 12.7. The molecule has 0 heterocycles. The third kappa shape index (κ3) is 2.93. The fraction of sp³-hybridized carbons (Fsp3) is 0. The molecule has 2 rings (SSSR count). The molecule has 0 aliphatic carbocycles. The van der Waals surface area contributed by atoms with Gasteiger partial charge in [0.05, 0.1) is 5.56 Å². The molecule has 4 heteroatoms. The van der Waals surface area contributed by atoms with Gasteiger partial charge in [-0.25, -0.2) is 4.39 Å². The monoisotopic (exact) mass is 404 g/mol. The molecule has 0 saturated carbocycles. The highest BCUT2D eigenvalue weighted by Gasteiger charge is 2.14. The Labute approximate surface area is 120 Å². The zero-order valence-corrected chi connectivity index (χ0v) is 12.3. The molecule has 2 aromatic carbocycles. The van der Waals surface area contributed by atoms with Crippen LogP contribution in [0.4, 0.5) is 4.39 Å². The summed E-state index contributed by atoms with van der Waals surface area (Å²) in [6.07, 6.45) is 0. The van der Waals surface area contributed by atoms with Crippen LogP contribution >= 0.6 is 38.5 Å². The third-order valence-electron chi connectivity index (χ3n) is 2.26. The predicted molar refractivity (Wildman–Crippen MR) is 76.7 cm³/mol. The summed E-state index contributed by atoms with van der Waals surface area (Å²) in [5, 5.41) is 0. The number of hydrogen-bond donors (Lipinski definition) is 0. The van der Waals surface area contributed by atoms with Crippen molar-refractivity contribution in [2.45, 2.75) is 0 Å². The summed E-state index contributed by atoms with van der Waals surface area (Å²) >= 11 is 5.35. The van der Waals surface area contributed by atoms with Gasteiger partial charge in [-0.2, -0.15) is 0 Å². The van der Waals surface area contributed by atoms with Crippen LogP contribution in [0, 0.1) is 9.39 Å². The summed E-state index contributed by atoms with van der Waals surface area (Å²) in [5.74, 6) is -0.806. The fourth-order valence-corrected chi connectivity index (χ4v) is 2.36. The van der Waals surface area contributed by atoms with E-state index in [1.807, 2.05) is 6.07 Å². The summed E-state index contributed by atoms with van der Waals surface area (Å²) in [7, 11) is 0. The van der Waals surface area contributed by atoms with Crippen LogP contribution in [-0.4, -0.2) is 5.78 Å². The van der Waals surface area contributed by atoms with Crippen LogP contribution < -0.4 is 0 Å². The first-order chi connectivity index (χ1) is 8.08. The van der Waals surface area contributed by atoms with E-state index in [9.17, 15) is 9.18 Å². The van der Waals surface area contributed by atoms with Gasteiger partial charge in [0.1, 0.15) is 5.82 Å². The van der Waals surface area contributed by atoms with Crippen LogP contribution in [-0.2, 0) is 0 Å². The number of carbonyl (C=O) groups excluding carboxylic acids is 1. The van der Waals surface area contributed by atoms with Crippen molar-refractivity contribution in [1.29, 1.82) is 0 Å². The maximum atomic E-state index is 13.6. The van der Waals surface area contributed by atoms with E-state index in [2.05, 4.69) is 38.5 Å². The third-order valence-corrected chi connectivity index (χ3v) is 3.42. The molecule has 0 fully saturated rings. The van der Waals surface area contributed by atoms with E-state index in [0.717, 1.165) is 3.57 Å². The lowest BCUT2D eigenvalue weighted by molar-refractivity contribution is 0.103. The SMILES string of the molecule is O=C(c1cccc(I)c1)c1cc(Br)ccc1F. The van der Waals surface area contributed by atoms with Crippen molar-refractivity contribution in [2.24, 2.45) is 0 Å². The van der Waals surface area contributed by atoms with Crippen LogP contribution in [0.5, 0.6) is 0 Å². The summed E-state index contributed by atoms with van der Waals surface area (Å²) < 4.78 is 15.2. The fourth-order valence-electron chi connectivity index (χ4n) is 1.46. The van der Waals surface area contributed by atoms with E-state index in [1.165, 1.54) is 12.1 Å². The number of carbonyl (C=O) groups is 1. The molecule has 0 N–H and O–H groups in total. The highest BCUT2D eigenvalue weighted by Crippen LogP contribution is 2.19. The van der Waals surface area contributed by atoms with Gasteiger partial charge in [-0.3, -0.25) is 4.79 Å². The molecular weight excluding hydrogens is 398 g/mol. The molecule has 0 aliphatic heterocycles. The Bertz CT molecular complexity index is 583. The molecule has 0 unspecified atom stereocenters. The van der Waals surface area contributed by atoms with E-state index in [4.69, 9.17) is 0 Å². The Kier molecular flexibility index (Phi) is 3.93. The Morgan fingerprint density at radius 2 is 1.94 bits per heavy atom. The van der Waals surface area contributed by atoms with Crippen molar-refractivity contribution >= 4 is 44.3 Å². The smallest absolute Gasteiger partial charge is 0.196 e. The van der Waals surface area contributed by atoms with Crippen molar-refractivity contribution < 1.29 is 9.18 Å². The van der Waals surface area contributed by atoms with Crippen LogP contribution in [0.25, 0.3) is 0 Å². The number of rotatable bonds is 2. The number of hydrogen-bond acceptors (Lipinski definition) is 1. The number of halogens is 3. The Morgan fingerprint density at radius 1 is 1.18 bits per heavy atom. The standard InChI is InChI=1S/C13H7BrFIO/c14-9-4-5-12(15)11(7-9)13(17)8-2-1-3-10(16)6-8/h1-7H. The van der Waals surface area contributed by atoms with Gasteiger partial charge in [-0.1, -0.05) is 28.1 Å². The Balaban J connectivity index is 2.47. The molecule has 0 aromatic heterocycles. The molecule has 0 amide bonds. The second kappa shape index (κ2) is 5.27. The molecule has 0 aliphatic rings. The van der Waals surface area contributed by atoms with Gasteiger partial charge in [0, 0.05) is 13.6 Å². The molecule has 0 bridgehead atoms. The maximum Gasteiger partial charge on any atom is 0.196 e. The molecule has 86 valence electrons. The number of benzene rings is 2. The van der Waals surface area contributed by atoms with Crippen molar-refractivity contribution in [2.75, 3.05) is 0 Å². The van der Waals surface area contributed by atoms with Crippen molar-refractivity contribution in [3.63, 3.8) is 0 Å². The van der Waals surface area contributed by atoms with Crippen molar-refractivity contribution in [3.8, 4) is 0 Å². The van der Waals surface area contributed by atoms with E-state index < -0.39 is 5.82 Å². The molecule has 0 radical (unpaired) electrons. The zero-order chi connectivity index (χ0) is 12.4. The summed E-state index contributed by atoms with van der Waals surface area (Å²) in [4.78, 5) is 12.1. The molecule has 17 heavy (non-hydrogen) atoms. The summed E-state index contributed by atoms with van der Waals surface area (Å²) in [6.45, 7) is 0.